The summed E-state index contributed by atoms with van der Waals surface area (Å²) in [6.07, 6.45) is 2.20. The van der Waals surface area contributed by atoms with Gasteiger partial charge < -0.3 is 10.2 Å². The second kappa shape index (κ2) is 7.36. The molecule has 1 amide bonds. The summed E-state index contributed by atoms with van der Waals surface area (Å²) in [5, 5.41) is 10.7. The van der Waals surface area contributed by atoms with Crippen LogP contribution in [0, 0.1) is 11.8 Å². The van der Waals surface area contributed by atoms with Gasteiger partial charge in [0.2, 0.25) is 0 Å². The summed E-state index contributed by atoms with van der Waals surface area (Å²) < 4.78 is 0. The Hall–Kier alpha value is -1.85. The lowest BCUT2D eigenvalue weighted by molar-refractivity contribution is 0.0752. The van der Waals surface area contributed by atoms with Gasteiger partial charge in [0.05, 0.1) is 5.69 Å². The monoisotopic (exact) mass is 346 g/mol. The maximum absolute atomic E-state index is 12.8. The van der Waals surface area contributed by atoms with E-state index in [9.17, 15) is 4.79 Å². The Bertz CT molecular complexity index is 673. The van der Waals surface area contributed by atoms with Gasteiger partial charge in [0.1, 0.15) is 5.69 Å². The molecule has 0 unspecified atom stereocenters. The number of H-pyrrole nitrogens is 1. The van der Waals surface area contributed by atoms with Crippen molar-refractivity contribution in [1.29, 1.82) is 0 Å². The summed E-state index contributed by atoms with van der Waals surface area (Å²) >= 11 is 0. The van der Waals surface area contributed by atoms with Crippen molar-refractivity contribution in [3.8, 4) is 11.3 Å². The molecule has 2 saturated heterocycles. The average molecular weight is 347 g/mol. The van der Waals surface area contributed by atoms with Gasteiger partial charge in [-0.15, -0.1) is 12.4 Å². The topological polar surface area (TPSA) is 61.0 Å². The molecule has 4 rings (SSSR count). The Balaban J connectivity index is 0.00000169. The lowest BCUT2D eigenvalue weighted by atomic mass is 9.92. The first-order valence-corrected chi connectivity index (χ1v) is 8.42. The van der Waals surface area contributed by atoms with Crippen LogP contribution in [0.1, 0.15) is 23.3 Å². The van der Waals surface area contributed by atoms with Crippen molar-refractivity contribution >= 4 is 18.3 Å². The van der Waals surface area contributed by atoms with Crippen LogP contribution in [0.4, 0.5) is 0 Å². The minimum atomic E-state index is 0. The Morgan fingerprint density at radius 1 is 1.08 bits per heavy atom. The molecule has 2 aliphatic heterocycles. The van der Waals surface area contributed by atoms with E-state index >= 15 is 0 Å². The molecule has 24 heavy (non-hydrogen) atoms. The number of aromatic nitrogens is 2. The molecular weight excluding hydrogens is 324 g/mol. The first-order valence-electron chi connectivity index (χ1n) is 8.42. The average Bonchev–Trinajstić information content (AvgIpc) is 3.21. The van der Waals surface area contributed by atoms with E-state index in [1.165, 1.54) is 0 Å². The first kappa shape index (κ1) is 17.0. The van der Waals surface area contributed by atoms with Crippen LogP contribution in [0.3, 0.4) is 0 Å². The second-order valence-electron chi connectivity index (χ2n) is 6.58. The fourth-order valence-electron chi connectivity index (χ4n) is 3.78. The Kier molecular flexibility index (Phi) is 5.21. The minimum Gasteiger partial charge on any atom is -0.337 e. The summed E-state index contributed by atoms with van der Waals surface area (Å²) in [6.45, 7) is 3.91. The number of benzene rings is 1. The van der Waals surface area contributed by atoms with Gasteiger partial charge in [0, 0.05) is 18.7 Å². The van der Waals surface area contributed by atoms with Gasteiger partial charge in [-0.25, -0.2) is 0 Å². The van der Waals surface area contributed by atoms with Crippen molar-refractivity contribution in [2.75, 3.05) is 26.2 Å². The number of likely N-dealkylation sites (tertiary alicyclic amines) is 1. The van der Waals surface area contributed by atoms with Crippen molar-refractivity contribution in [3.63, 3.8) is 0 Å². The molecule has 6 heteroatoms. The molecule has 2 atom stereocenters. The van der Waals surface area contributed by atoms with Gasteiger partial charge in [-0.2, -0.15) is 5.10 Å². The highest BCUT2D eigenvalue weighted by Gasteiger charge is 2.32. The van der Waals surface area contributed by atoms with Crippen LogP contribution >= 0.6 is 12.4 Å². The Morgan fingerprint density at radius 3 is 2.42 bits per heavy atom. The number of fused-ring (bicyclic) bond motifs is 1. The number of amides is 1. The molecule has 2 aromatic rings. The van der Waals surface area contributed by atoms with E-state index in [-0.39, 0.29) is 18.3 Å². The van der Waals surface area contributed by atoms with Crippen molar-refractivity contribution in [2.24, 2.45) is 11.8 Å². The zero-order chi connectivity index (χ0) is 15.6. The van der Waals surface area contributed by atoms with Gasteiger partial charge in [0.15, 0.2) is 0 Å². The van der Waals surface area contributed by atoms with Crippen molar-refractivity contribution in [1.82, 2.24) is 20.4 Å². The van der Waals surface area contributed by atoms with Crippen molar-refractivity contribution in [3.05, 3.63) is 42.1 Å². The molecule has 0 bridgehead atoms. The third-order valence-electron chi connectivity index (χ3n) is 5.18. The summed E-state index contributed by atoms with van der Waals surface area (Å²) in [5.41, 5.74) is 2.44. The normalized spacial score (nSPS) is 23.2. The fourth-order valence-corrected chi connectivity index (χ4v) is 3.78. The minimum absolute atomic E-state index is 0. The van der Waals surface area contributed by atoms with Crippen LogP contribution in [0.25, 0.3) is 11.3 Å². The number of rotatable bonds is 2. The van der Waals surface area contributed by atoms with Crippen LogP contribution < -0.4 is 5.32 Å². The number of halogens is 1. The van der Waals surface area contributed by atoms with Crippen LogP contribution in [0.2, 0.25) is 0 Å². The molecule has 128 valence electrons. The molecule has 2 aliphatic rings. The quantitative estimate of drug-likeness (QED) is 0.878. The highest BCUT2D eigenvalue weighted by Crippen LogP contribution is 2.28. The fraction of sp³-hybridized carbons (Fsp3) is 0.444. The molecule has 3 heterocycles. The SMILES string of the molecule is Cl.O=C(c1cc(-c2ccccc2)n[nH]1)N1CC[C@@H]2CNC[C@@H]2CC1. The smallest absolute Gasteiger partial charge is 0.271 e. The lowest BCUT2D eigenvalue weighted by Gasteiger charge is -2.19. The zero-order valence-corrected chi connectivity index (χ0v) is 14.4. The van der Waals surface area contributed by atoms with E-state index in [1.807, 2.05) is 41.3 Å². The van der Waals surface area contributed by atoms with E-state index < -0.39 is 0 Å². The maximum Gasteiger partial charge on any atom is 0.271 e. The van der Waals surface area contributed by atoms with Gasteiger partial charge in [0.25, 0.3) is 5.91 Å². The van der Waals surface area contributed by atoms with E-state index in [0.717, 1.165) is 62.1 Å². The number of aromatic amines is 1. The van der Waals surface area contributed by atoms with Gasteiger partial charge in [-0.3, -0.25) is 9.89 Å². The molecule has 2 N–H and O–H groups in total. The van der Waals surface area contributed by atoms with Crippen LogP contribution in [-0.4, -0.2) is 47.2 Å². The van der Waals surface area contributed by atoms with Crippen molar-refractivity contribution < 1.29 is 4.79 Å². The van der Waals surface area contributed by atoms with Gasteiger partial charge >= 0.3 is 0 Å². The van der Waals surface area contributed by atoms with Crippen LogP contribution in [0.5, 0.6) is 0 Å². The highest BCUT2D eigenvalue weighted by atomic mass is 35.5. The van der Waals surface area contributed by atoms with Gasteiger partial charge in [-0.05, 0) is 43.8 Å². The largest absolute Gasteiger partial charge is 0.337 e. The number of carbonyl (C=O) groups excluding carboxylic acids is 1. The first-order chi connectivity index (χ1) is 11.3. The highest BCUT2D eigenvalue weighted by molar-refractivity contribution is 5.93. The summed E-state index contributed by atoms with van der Waals surface area (Å²) in [4.78, 5) is 14.7. The number of hydrogen-bond donors (Lipinski definition) is 2. The number of nitrogens with zero attached hydrogens (tertiary/aromatic N) is 2. The third kappa shape index (κ3) is 3.32. The molecule has 2 fully saturated rings. The Labute approximate surface area is 148 Å². The lowest BCUT2D eigenvalue weighted by Crippen LogP contribution is -2.33. The third-order valence-corrected chi connectivity index (χ3v) is 5.18. The molecule has 5 nitrogen and oxygen atoms in total. The molecule has 0 saturated carbocycles. The van der Waals surface area contributed by atoms with E-state index in [1.54, 1.807) is 0 Å². The summed E-state index contributed by atoms with van der Waals surface area (Å²) in [7, 11) is 0. The van der Waals surface area contributed by atoms with Crippen molar-refractivity contribution in [2.45, 2.75) is 12.8 Å². The molecule has 1 aromatic heterocycles. The summed E-state index contributed by atoms with van der Waals surface area (Å²) in [5.74, 6) is 1.54. The predicted octanol–water partition coefficient (Wildman–Crippen LogP) is 2.57. The second-order valence-corrected chi connectivity index (χ2v) is 6.58. The Morgan fingerprint density at radius 2 is 1.75 bits per heavy atom. The molecule has 0 aliphatic carbocycles. The van der Waals surface area contributed by atoms with Crippen LogP contribution in [0.15, 0.2) is 36.4 Å². The standard InChI is InChI=1S/C18H22N4O.ClH/c23-18(22-8-6-14-11-19-12-15(14)7-9-22)17-10-16(20-21-17)13-4-2-1-3-5-13;/h1-5,10,14-15,19H,6-9,11-12H2,(H,20,21);1H/t14-,15+;. The molecule has 1 aromatic carbocycles. The summed E-state index contributed by atoms with van der Waals surface area (Å²) in [6, 6.07) is 11.8. The van der Waals surface area contributed by atoms with E-state index in [0.29, 0.717) is 5.69 Å². The van der Waals surface area contributed by atoms with Crippen LogP contribution in [-0.2, 0) is 0 Å². The molecule has 0 spiro atoms. The number of nitrogens with one attached hydrogen (secondary N) is 2. The maximum atomic E-state index is 12.8. The molecule has 0 radical (unpaired) electrons. The predicted molar refractivity (Wildman–Crippen MR) is 96.3 cm³/mol. The van der Waals surface area contributed by atoms with E-state index in [4.69, 9.17) is 0 Å². The molecular formula is C18H23ClN4O. The van der Waals surface area contributed by atoms with E-state index in [2.05, 4.69) is 15.5 Å². The van der Waals surface area contributed by atoms with Gasteiger partial charge in [-0.1, -0.05) is 30.3 Å². The number of carbonyl (C=O) groups is 1. The zero-order valence-electron chi connectivity index (χ0n) is 13.6. The number of hydrogen-bond acceptors (Lipinski definition) is 3.